The number of hydrogen-bond acceptors (Lipinski definition) is 3. The van der Waals surface area contributed by atoms with Gasteiger partial charge in [-0.2, -0.15) is 0 Å². The number of aromatic nitrogens is 1. The van der Waals surface area contributed by atoms with Gasteiger partial charge in [-0.05, 0) is 41.5 Å². The van der Waals surface area contributed by atoms with Crippen LogP contribution in [0.2, 0.25) is 0 Å². The number of nitrogens with one attached hydrogen (secondary N) is 1. The molecule has 1 N–H and O–H groups in total. The minimum Gasteiger partial charge on any atom is -0.380 e. The monoisotopic (exact) mass is 262 g/mol. The molecule has 2 heterocycles. The number of para-hydroxylation sites is 1. The van der Waals surface area contributed by atoms with Gasteiger partial charge in [-0.3, -0.25) is 9.78 Å². The third-order valence-corrected chi connectivity index (χ3v) is 3.19. The smallest absolute Gasteiger partial charge is 0.183 e. The molecule has 0 radical (unpaired) electrons. The SMILES string of the molecule is O=C(/C=C/c1cccnc1)C1=Cc2ccccc2NC1. The number of carbonyl (C=O) groups excluding carboxylic acids is 1. The number of fused-ring (bicyclic) bond motifs is 1. The summed E-state index contributed by atoms with van der Waals surface area (Å²) in [6.07, 6.45) is 8.77. The highest BCUT2D eigenvalue weighted by Crippen LogP contribution is 2.23. The van der Waals surface area contributed by atoms with E-state index in [1.165, 1.54) is 0 Å². The molecule has 0 bridgehead atoms. The maximum Gasteiger partial charge on any atom is 0.183 e. The van der Waals surface area contributed by atoms with Gasteiger partial charge in [0.1, 0.15) is 0 Å². The van der Waals surface area contributed by atoms with Crippen LogP contribution >= 0.6 is 0 Å². The molecule has 0 fully saturated rings. The molecule has 3 nitrogen and oxygen atoms in total. The Bertz CT molecular complexity index is 687. The van der Waals surface area contributed by atoms with Crippen molar-refractivity contribution in [1.82, 2.24) is 4.98 Å². The lowest BCUT2D eigenvalue weighted by molar-refractivity contribution is -0.111. The molecule has 1 aliphatic rings. The molecule has 1 aliphatic heterocycles. The predicted octanol–water partition coefficient (Wildman–Crippen LogP) is 3.17. The summed E-state index contributed by atoms with van der Waals surface area (Å²) in [4.78, 5) is 16.2. The molecule has 0 atom stereocenters. The normalized spacial score (nSPS) is 13.5. The molecule has 0 saturated carbocycles. The molecule has 3 rings (SSSR count). The fourth-order valence-corrected chi connectivity index (χ4v) is 2.12. The first-order valence-corrected chi connectivity index (χ1v) is 6.49. The Hall–Kier alpha value is -2.68. The minimum atomic E-state index is 0.0239. The maximum atomic E-state index is 12.2. The Morgan fingerprint density at radius 2 is 2.10 bits per heavy atom. The molecule has 0 amide bonds. The van der Waals surface area contributed by atoms with Crippen LogP contribution in [0.25, 0.3) is 12.2 Å². The van der Waals surface area contributed by atoms with Gasteiger partial charge >= 0.3 is 0 Å². The molecule has 0 saturated heterocycles. The van der Waals surface area contributed by atoms with Crippen LogP contribution in [-0.4, -0.2) is 17.3 Å². The topological polar surface area (TPSA) is 42.0 Å². The summed E-state index contributed by atoms with van der Waals surface area (Å²) < 4.78 is 0. The van der Waals surface area contributed by atoms with Crippen molar-refractivity contribution in [1.29, 1.82) is 0 Å². The van der Waals surface area contributed by atoms with Crippen LogP contribution in [0.3, 0.4) is 0 Å². The van der Waals surface area contributed by atoms with Gasteiger partial charge in [-0.25, -0.2) is 0 Å². The third kappa shape index (κ3) is 2.67. The van der Waals surface area contributed by atoms with Crippen LogP contribution in [0.1, 0.15) is 11.1 Å². The lowest BCUT2D eigenvalue weighted by atomic mass is 10.0. The molecular weight excluding hydrogens is 248 g/mol. The zero-order chi connectivity index (χ0) is 13.8. The number of carbonyl (C=O) groups is 1. The first kappa shape index (κ1) is 12.4. The molecule has 1 aromatic heterocycles. The van der Waals surface area contributed by atoms with Crippen molar-refractivity contribution in [3.05, 3.63) is 71.6 Å². The van der Waals surface area contributed by atoms with Crippen molar-refractivity contribution in [2.45, 2.75) is 0 Å². The summed E-state index contributed by atoms with van der Waals surface area (Å²) in [5, 5.41) is 3.26. The zero-order valence-corrected chi connectivity index (χ0v) is 10.9. The second-order valence-corrected chi connectivity index (χ2v) is 4.59. The van der Waals surface area contributed by atoms with Gasteiger partial charge in [0.25, 0.3) is 0 Å². The van der Waals surface area contributed by atoms with Crippen molar-refractivity contribution in [2.24, 2.45) is 0 Å². The number of ketones is 1. The van der Waals surface area contributed by atoms with Crippen molar-refractivity contribution in [2.75, 3.05) is 11.9 Å². The van der Waals surface area contributed by atoms with Gasteiger partial charge in [0, 0.05) is 30.2 Å². The number of benzene rings is 1. The zero-order valence-electron chi connectivity index (χ0n) is 10.9. The number of nitrogens with zero attached hydrogens (tertiary/aromatic N) is 1. The summed E-state index contributed by atoms with van der Waals surface area (Å²) in [5.41, 5.74) is 3.81. The Morgan fingerprint density at radius 1 is 1.20 bits per heavy atom. The van der Waals surface area contributed by atoms with E-state index in [1.54, 1.807) is 24.5 Å². The lowest BCUT2D eigenvalue weighted by Gasteiger charge is -2.16. The average Bonchev–Trinajstić information content (AvgIpc) is 2.53. The van der Waals surface area contributed by atoms with E-state index in [0.29, 0.717) is 6.54 Å². The van der Waals surface area contributed by atoms with E-state index in [4.69, 9.17) is 0 Å². The number of rotatable bonds is 3. The van der Waals surface area contributed by atoms with Crippen LogP contribution in [0.4, 0.5) is 5.69 Å². The summed E-state index contributed by atoms with van der Waals surface area (Å²) in [7, 11) is 0. The largest absolute Gasteiger partial charge is 0.380 e. The van der Waals surface area contributed by atoms with Gasteiger partial charge in [0.05, 0.1) is 0 Å². The first-order valence-electron chi connectivity index (χ1n) is 6.49. The van der Waals surface area contributed by atoms with Crippen LogP contribution in [0.15, 0.2) is 60.4 Å². The first-order chi connectivity index (χ1) is 9.83. The fourth-order valence-electron chi connectivity index (χ4n) is 2.12. The summed E-state index contributed by atoms with van der Waals surface area (Å²) in [5.74, 6) is 0.0239. The Morgan fingerprint density at radius 3 is 2.95 bits per heavy atom. The Kier molecular flexibility index (Phi) is 3.42. The summed E-state index contributed by atoms with van der Waals surface area (Å²) >= 11 is 0. The number of anilines is 1. The van der Waals surface area contributed by atoms with Crippen molar-refractivity contribution in [3.8, 4) is 0 Å². The van der Waals surface area contributed by atoms with E-state index in [2.05, 4.69) is 10.3 Å². The second-order valence-electron chi connectivity index (χ2n) is 4.59. The van der Waals surface area contributed by atoms with Gasteiger partial charge in [-0.1, -0.05) is 24.3 Å². The van der Waals surface area contributed by atoms with Crippen molar-refractivity contribution < 1.29 is 4.79 Å². The summed E-state index contributed by atoms with van der Waals surface area (Å²) in [6.45, 7) is 0.563. The van der Waals surface area contributed by atoms with Gasteiger partial charge < -0.3 is 5.32 Å². The van der Waals surface area contributed by atoms with Crippen molar-refractivity contribution >= 4 is 23.6 Å². The van der Waals surface area contributed by atoms with Gasteiger partial charge in [0.2, 0.25) is 0 Å². The van der Waals surface area contributed by atoms with E-state index < -0.39 is 0 Å². The van der Waals surface area contributed by atoms with Crippen molar-refractivity contribution in [3.63, 3.8) is 0 Å². The van der Waals surface area contributed by atoms with Crippen LogP contribution < -0.4 is 5.32 Å². The Labute approximate surface area is 117 Å². The van der Waals surface area contributed by atoms with Crippen LogP contribution in [0.5, 0.6) is 0 Å². The molecule has 98 valence electrons. The van der Waals surface area contributed by atoms with Gasteiger partial charge in [-0.15, -0.1) is 0 Å². The predicted molar refractivity (Wildman–Crippen MR) is 81.2 cm³/mol. The summed E-state index contributed by atoms with van der Waals surface area (Å²) in [6, 6.07) is 11.7. The highest BCUT2D eigenvalue weighted by molar-refractivity contribution is 6.10. The molecule has 20 heavy (non-hydrogen) atoms. The van der Waals surface area contributed by atoms with E-state index in [9.17, 15) is 4.79 Å². The lowest BCUT2D eigenvalue weighted by Crippen LogP contribution is -2.15. The third-order valence-electron chi connectivity index (χ3n) is 3.19. The molecular formula is C17H14N2O. The Balaban J connectivity index is 1.79. The molecule has 3 heteroatoms. The average molecular weight is 262 g/mol. The molecule has 0 unspecified atom stereocenters. The fraction of sp³-hybridized carbons (Fsp3) is 0.0588. The maximum absolute atomic E-state index is 12.2. The van der Waals surface area contributed by atoms with E-state index >= 15 is 0 Å². The van der Waals surface area contributed by atoms with E-state index in [0.717, 1.165) is 22.4 Å². The highest BCUT2D eigenvalue weighted by Gasteiger charge is 2.12. The molecule has 2 aromatic rings. The van der Waals surface area contributed by atoms with E-state index in [-0.39, 0.29) is 5.78 Å². The quantitative estimate of drug-likeness (QED) is 0.864. The molecule has 1 aromatic carbocycles. The number of pyridine rings is 1. The highest BCUT2D eigenvalue weighted by atomic mass is 16.1. The number of allylic oxidation sites excluding steroid dienone is 1. The molecule has 0 spiro atoms. The minimum absolute atomic E-state index is 0.0239. The van der Waals surface area contributed by atoms with Gasteiger partial charge in [0.15, 0.2) is 5.78 Å². The van der Waals surface area contributed by atoms with E-state index in [1.807, 2.05) is 42.5 Å². The molecule has 0 aliphatic carbocycles. The second kappa shape index (κ2) is 5.53. The van der Waals surface area contributed by atoms with Crippen LogP contribution in [0, 0.1) is 0 Å². The standard InChI is InChI=1S/C17H14N2O/c20-17(8-7-13-4-3-9-18-11-13)15-10-14-5-1-2-6-16(14)19-12-15/h1-11,19H,12H2/b8-7+. The number of hydrogen-bond donors (Lipinski definition) is 1. The van der Waals surface area contributed by atoms with Crippen LogP contribution in [-0.2, 0) is 4.79 Å².